The number of amides is 3. The third kappa shape index (κ3) is 6.19. The fourth-order valence-electron chi connectivity index (χ4n) is 3.47. The van der Waals surface area contributed by atoms with Crippen LogP contribution >= 0.6 is 0 Å². The number of rotatable bonds is 8. The van der Waals surface area contributed by atoms with Crippen LogP contribution in [0.5, 0.6) is 11.5 Å². The van der Waals surface area contributed by atoms with Crippen LogP contribution in [0.1, 0.15) is 10.4 Å². The molecule has 0 aromatic heterocycles. The van der Waals surface area contributed by atoms with Gasteiger partial charge in [-0.25, -0.2) is 8.42 Å². The SMILES string of the molecule is O=C1CN(C(=O)CNC(=O)c2ccc(S(=O)(=O)Nc3ccccc3Oc3ccccc3)cc2)CCN1. The van der Waals surface area contributed by atoms with Crippen molar-refractivity contribution in [2.45, 2.75) is 4.90 Å². The van der Waals surface area contributed by atoms with E-state index in [4.69, 9.17) is 4.74 Å². The summed E-state index contributed by atoms with van der Waals surface area (Å²) in [6, 6.07) is 20.9. The van der Waals surface area contributed by atoms with Gasteiger partial charge in [0.2, 0.25) is 11.8 Å². The van der Waals surface area contributed by atoms with E-state index < -0.39 is 15.9 Å². The molecule has 11 heteroatoms. The summed E-state index contributed by atoms with van der Waals surface area (Å²) in [5.41, 5.74) is 0.444. The number of carbonyl (C=O) groups excluding carboxylic acids is 3. The van der Waals surface area contributed by atoms with Crippen molar-refractivity contribution >= 4 is 33.4 Å². The lowest BCUT2D eigenvalue weighted by atomic mass is 10.2. The molecule has 3 amide bonds. The number of sulfonamides is 1. The van der Waals surface area contributed by atoms with E-state index in [0.717, 1.165) is 0 Å². The number of hydrogen-bond acceptors (Lipinski definition) is 6. The van der Waals surface area contributed by atoms with E-state index in [1.54, 1.807) is 36.4 Å². The number of benzene rings is 3. The van der Waals surface area contributed by atoms with Gasteiger partial charge in [-0.15, -0.1) is 0 Å². The first-order valence-electron chi connectivity index (χ1n) is 11.1. The number of nitrogens with one attached hydrogen (secondary N) is 3. The molecule has 186 valence electrons. The second-order valence-electron chi connectivity index (χ2n) is 7.89. The Hall–Kier alpha value is -4.38. The van der Waals surface area contributed by atoms with Crippen LogP contribution in [0.2, 0.25) is 0 Å². The second kappa shape index (κ2) is 10.9. The van der Waals surface area contributed by atoms with E-state index in [1.165, 1.54) is 29.2 Å². The van der Waals surface area contributed by atoms with Gasteiger partial charge in [-0.1, -0.05) is 30.3 Å². The average Bonchev–Trinajstić information content (AvgIpc) is 2.89. The fraction of sp³-hybridized carbons (Fsp3) is 0.160. The molecule has 1 aliphatic heterocycles. The van der Waals surface area contributed by atoms with Crippen LogP contribution < -0.4 is 20.1 Å². The molecule has 1 saturated heterocycles. The summed E-state index contributed by atoms with van der Waals surface area (Å²) in [5, 5.41) is 5.12. The summed E-state index contributed by atoms with van der Waals surface area (Å²) in [7, 11) is -3.98. The highest BCUT2D eigenvalue weighted by Gasteiger charge is 2.22. The highest BCUT2D eigenvalue weighted by atomic mass is 32.2. The van der Waals surface area contributed by atoms with Crippen molar-refractivity contribution < 1.29 is 27.5 Å². The standard InChI is InChI=1S/C25H24N4O6S/c30-23-17-29(15-14-26-23)24(31)16-27-25(32)18-10-12-20(13-11-18)36(33,34)28-21-8-4-5-9-22(21)35-19-6-2-1-3-7-19/h1-13,28H,14-17H2,(H,26,30)(H,27,32). The molecule has 3 N–H and O–H groups in total. The minimum Gasteiger partial charge on any atom is -0.455 e. The maximum Gasteiger partial charge on any atom is 0.262 e. The maximum atomic E-state index is 13.0. The Labute approximate surface area is 208 Å². The van der Waals surface area contributed by atoms with Crippen LogP contribution in [0, 0.1) is 0 Å². The number of hydrogen-bond donors (Lipinski definition) is 3. The topological polar surface area (TPSA) is 134 Å². The van der Waals surface area contributed by atoms with Crippen molar-refractivity contribution in [1.82, 2.24) is 15.5 Å². The molecule has 1 heterocycles. The first kappa shape index (κ1) is 24.7. The first-order chi connectivity index (χ1) is 17.3. The Morgan fingerprint density at radius 1 is 0.944 bits per heavy atom. The van der Waals surface area contributed by atoms with E-state index in [-0.39, 0.29) is 41.1 Å². The van der Waals surface area contributed by atoms with Gasteiger partial charge in [0.25, 0.3) is 15.9 Å². The van der Waals surface area contributed by atoms with E-state index in [1.807, 2.05) is 18.2 Å². The number of para-hydroxylation sites is 3. The Kier molecular flexibility index (Phi) is 7.50. The van der Waals surface area contributed by atoms with Crippen molar-refractivity contribution in [2.24, 2.45) is 0 Å². The van der Waals surface area contributed by atoms with Crippen LogP contribution in [-0.2, 0) is 19.6 Å². The Morgan fingerprint density at radius 2 is 1.64 bits per heavy atom. The molecule has 0 spiro atoms. The lowest BCUT2D eigenvalue weighted by Gasteiger charge is -2.26. The molecular formula is C25H24N4O6S. The highest BCUT2D eigenvalue weighted by molar-refractivity contribution is 7.92. The molecule has 10 nitrogen and oxygen atoms in total. The molecule has 36 heavy (non-hydrogen) atoms. The number of ether oxygens (including phenoxy) is 1. The van der Waals surface area contributed by atoms with Crippen molar-refractivity contribution in [2.75, 3.05) is 30.9 Å². The van der Waals surface area contributed by atoms with Crippen molar-refractivity contribution in [3.8, 4) is 11.5 Å². The summed E-state index contributed by atoms with van der Waals surface area (Å²) in [6.45, 7) is 0.421. The minimum absolute atomic E-state index is 0.0478. The Bertz CT molecular complexity index is 1360. The zero-order chi connectivity index (χ0) is 25.5. The van der Waals surface area contributed by atoms with E-state index in [0.29, 0.717) is 24.6 Å². The Balaban J connectivity index is 1.39. The molecular weight excluding hydrogens is 484 g/mol. The second-order valence-corrected chi connectivity index (χ2v) is 9.57. The van der Waals surface area contributed by atoms with Crippen molar-refractivity contribution in [3.05, 3.63) is 84.4 Å². The molecule has 0 aliphatic carbocycles. The van der Waals surface area contributed by atoms with Crippen molar-refractivity contribution in [1.29, 1.82) is 0 Å². The minimum atomic E-state index is -3.98. The predicted molar refractivity (Wildman–Crippen MR) is 132 cm³/mol. The largest absolute Gasteiger partial charge is 0.455 e. The molecule has 0 bridgehead atoms. The van der Waals surface area contributed by atoms with Gasteiger partial charge in [0.15, 0.2) is 5.75 Å². The molecule has 4 rings (SSSR count). The van der Waals surface area contributed by atoms with Gasteiger partial charge in [-0.2, -0.15) is 0 Å². The summed E-state index contributed by atoms with van der Waals surface area (Å²) >= 11 is 0. The molecule has 3 aromatic rings. The molecule has 0 radical (unpaired) electrons. The average molecular weight is 509 g/mol. The quantitative estimate of drug-likeness (QED) is 0.426. The van der Waals surface area contributed by atoms with Gasteiger partial charge >= 0.3 is 0 Å². The zero-order valence-corrected chi connectivity index (χ0v) is 20.0. The summed E-state index contributed by atoms with van der Waals surface area (Å²) in [5.74, 6) is -0.275. The van der Waals surface area contributed by atoms with Gasteiger partial charge in [-0.3, -0.25) is 19.1 Å². The van der Waals surface area contributed by atoms with Gasteiger partial charge in [0.05, 0.1) is 23.7 Å². The predicted octanol–water partition coefficient (Wildman–Crippen LogP) is 1.97. The molecule has 1 fully saturated rings. The third-order valence-electron chi connectivity index (χ3n) is 5.32. The molecule has 1 aliphatic rings. The van der Waals surface area contributed by atoms with Crippen LogP contribution in [0.25, 0.3) is 0 Å². The lowest BCUT2D eigenvalue weighted by Crippen LogP contribution is -2.52. The van der Waals surface area contributed by atoms with Gasteiger partial charge in [0, 0.05) is 18.7 Å². The summed E-state index contributed by atoms with van der Waals surface area (Å²) in [4.78, 5) is 37.4. The first-order valence-corrected chi connectivity index (χ1v) is 12.6. The Morgan fingerprint density at radius 3 is 2.36 bits per heavy atom. The van der Waals surface area contributed by atoms with Crippen LogP contribution in [-0.4, -0.2) is 57.2 Å². The van der Waals surface area contributed by atoms with Gasteiger partial charge < -0.3 is 20.3 Å². The zero-order valence-electron chi connectivity index (χ0n) is 19.1. The van der Waals surface area contributed by atoms with E-state index in [2.05, 4.69) is 15.4 Å². The smallest absolute Gasteiger partial charge is 0.262 e. The normalized spacial score (nSPS) is 13.4. The van der Waals surface area contributed by atoms with Crippen LogP contribution in [0.15, 0.2) is 83.8 Å². The van der Waals surface area contributed by atoms with Crippen LogP contribution in [0.4, 0.5) is 5.69 Å². The number of piperazine rings is 1. The number of nitrogens with zero attached hydrogens (tertiary/aromatic N) is 1. The summed E-state index contributed by atoms with van der Waals surface area (Å²) in [6.07, 6.45) is 0. The van der Waals surface area contributed by atoms with Gasteiger partial charge in [-0.05, 0) is 48.5 Å². The number of anilines is 1. The van der Waals surface area contributed by atoms with Crippen LogP contribution in [0.3, 0.4) is 0 Å². The van der Waals surface area contributed by atoms with E-state index >= 15 is 0 Å². The number of carbonyl (C=O) groups is 3. The van der Waals surface area contributed by atoms with Crippen molar-refractivity contribution in [3.63, 3.8) is 0 Å². The highest BCUT2D eigenvalue weighted by Crippen LogP contribution is 2.30. The summed E-state index contributed by atoms with van der Waals surface area (Å²) < 4.78 is 34.2. The lowest BCUT2D eigenvalue weighted by molar-refractivity contribution is -0.137. The van der Waals surface area contributed by atoms with Gasteiger partial charge in [0.1, 0.15) is 5.75 Å². The fourth-order valence-corrected chi connectivity index (χ4v) is 4.54. The third-order valence-corrected chi connectivity index (χ3v) is 6.70. The monoisotopic (exact) mass is 508 g/mol. The maximum absolute atomic E-state index is 13.0. The molecule has 3 aromatic carbocycles. The molecule has 0 unspecified atom stereocenters. The molecule has 0 atom stereocenters. The molecule has 0 saturated carbocycles. The van der Waals surface area contributed by atoms with E-state index in [9.17, 15) is 22.8 Å².